The first-order chi connectivity index (χ1) is 12.4. The zero-order valence-corrected chi connectivity index (χ0v) is 17.1. The summed E-state index contributed by atoms with van der Waals surface area (Å²) < 4.78 is 23.4. The Bertz CT molecular complexity index is 897. The minimum Gasteiger partial charge on any atom is -0.329 e. The number of rotatable bonds is 3. The molecule has 1 N–H and O–H groups in total. The molecule has 2 fully saturated rings. The van der Waals surface area contributed by atoms with Crippen LogP contribution >= 0.6 is 22.7 Å². The molecular formula is C17H22N3O3S3+. The summed E-state index contributed by atoms with van der Waals surface area (Å²) in [7, 11) is -2.85. The van der Waals surface area contributed by atoms with E-state index in [1.807, 2.05) is 28.7 Å². The molecule has 0 spiro atoms. The van der Waals surface area contributed by atoms with Crippen molar-refractivity contribution in [2.24, 2.45) is 0 Å². The van der Waals surface area contributed by atoms with Gasteiger partial charge in [0.2, 0.25) is 0 Å². The number of piperazine rings is 1. The number of aromatic nitrogens is 1. The molecule has 0 aliphatic carbocycles. The Labute approximate surface area is 161 Å². The largest absolute Gasteiger partial charge is 0.329 e. The Kier molecular flexibility index (Phi) is 4.89. The SMILES string of the molecule is Cc1nc(-c2ccsc2)sc1C(=O)N1CC[NH+]([C@H]2CCS(=O)(=O)C2)CC1. The monoisotopic (exact) mass is 412 g/mol. The van der Waals surface area contributed by atoms with Crippen LogP contribution in [0.25, 0.3) is 10.6 Å². The van der Waals surface area contributed by atoms with E-state index >= 15 is 0 Å². The summed E-state index contributed by atoms with van der Waals surface area (Å²) >= 11 is 3.09. The first-order valence-electron chi connectivity index (χ1n) is 8.77. The normalized spacial score (nSPS) is 23.4. The molecule has 1 amide bonds. The van der Waals surface area contributed by atoms with E-state index in [0.717, 1.165) is 40.7 Å². The molecule has 2 aliphatic rings. The van der Waals surface area contributed by atoms with Crippen molar-refractivity contribution in [1.82, 2.24) is 9.88 Å². The van der Waals surface area contributed by atoms with Gasteiger partial charge in [-0.25, -0.2) is 13.4 Å². The van der Waals surface area contributed by atoms with Crippen molar-refractivity contribution < 1.29 is 18.1 Å². The van der Waals surface area contributed by atoms with Gasteiger partial charge < -0.3 is 9.80 Å². The highest BCUT2D eigenvalue weighted by molar-refractivity contribution is 7.91. The van der Waals surface area contributed by atoms with Crippen molar-refractivity contribution in [3.8, 4) is 10.6 Å². The standard InChI is InChI=1S/C17H21N3O3S3/c1-12-15(25-16(18-12)13-2-8-24-10-13)17(21)20-6-4-19(5-7-20)14-3-9-26(22,23)11-14/h2,8,10,14H,3-7,9,11H2,1H3/p+1/t14-/m0/s1. The van der Waals surface area contributed by atoms with Gasteiger partial charge in [0.1, 0.15) is 21.7 Å². The molecule has 6 nitrogen and oxygen atoms in total. The number of carbonyl (C=O) groups is 1. The van der Waals surface area contributed by atoms with Crippen LogP contribution in [-0.2, 0) is 9.84 Å². The Morgan fingerprint density at radius 1 is 1.35 bits per heavy atom. The van der Waals surface area contributed by atoms with Gasteiger partial charge >= 0.3 is 0 Å². The van der Waals surface area contributed by atoms with E-state index in [0.29, 0.717) is 24.6 Å². The molecule has 1 atom stereocenters. The lowest BCUT2D eigenvalue weighted by molar-refractivity contribution is -0.925. The van der Waals surface area contributed by atoms with Crippen molar-refractivity contribution >= 4 is 38.4 Å². The molecule has 0 unspecified atom stereocenters. The highest BCUT2D eigenvalue weighted by atomic mass is 32.2. The minimum absolute atomic E-state index is 0.0552. The Hall–Kier alpha value is -1.29. The van der Waals surface area contributed by atoms with E-state index in [4.69, 9.17) is 0 Å². The Morgan fingerprint density at radius 2 is 2.12 bits per heavy atom. The second kappa shape index (κ2) is 7.03. The molecule has 4 heterocycles. The van der Waals surface area contributed by atoms with Crippen LogP contribution in [0.1, 0.15) is 21.8 Å². The quantitative estimate of drug-likeness (QED) is 0.806. The topological polar surface area (TPSA) is 71.8 Å². The molecule has 26 heavy (non-hydrogen) atoms. The average Bonchev–Trinajstić information content (AvgIpc) is 3.34. The Morgan fingerprint density at radius 3 is 2.73 bits per heavy atom. The van der Waals surface area contributed by atoms with Crippen molar-refractivity contribution in [1.29, 1.82) is 0 Å². The summed E-state index contributed by atoms with van der Waals surface area (Å²) in [6.07, 6.45) is 0.754. The predicted molar refractivity (Wildman–Crippen MR) is 104 cm³/mol. The van der Waals surface area contributed by atoms with Crippen LogP contribution in [-0.4, -0.2) is 67.9 Å². The molecule has 9 heteroatoms. The van der Waals surface area contributed by atoms with E-state index in [2.05, 4.69) is 4.98 Å². The molecule has 0 aromatic carbocycles. The smallest absolute Gasteiger partial charge is 0.266 e. The Balaban J connectivity index is 1.41. The van der Waals surface area contributed by atoms with Crippen LogP contribution < -0.4 is 4.90 Å². The van der Waals surface area contributed by atoms with E-state index in [9.17, 15) is 13.2 Å². The van der Waals surface area contributed by atoms with Gasteiger partial charge in [0.25, 0.3) is 5.91 Å². The maximum absolute atomic E-state index is 12.9. The van der Waals surface area contributed by atoms with Crippen molar-refractivity contribution in [3.05, 3.63) is 27.4 Å². The van der Waals surface area contributed by atoms with Crippen LogP contribution in [0, 0.1) is 6.92 Å². The van der Waals surface area contributed by atoms with Gasteiger partial charge in [0.05, 0.1) is 37.6 Å². The number of nitrogens with zero attached hydrogens (tertiary/aromatic N) is 2. The number of quaternary nitrogens is 1. The summed E-state index contributed by atoms with van der Waals surface area (Å²) in [5.41, 5.74) is 1.86. The number of amides is 1. The van der Waals surface area contributed by atoms with Crippen molar-refractivity contribution in [3.63, 3.8) is 0 Å². The van der Waals surface area contributed by atoms with Gasteiger partial charge in [-0.2, -0.15) is 11.3 Å². The molecule has 0 radical (unpaired) electrons. The third-order valence-corrected chi connectivity index (χ3v) is 8.91. The summed E-state index contributed by atoms with van der Waals surface area (Å²) in [5, 5.41) is 4.95. The van der Waals surface area contributed by atoms with Crippen LogP contribution in [0.5, 0.6) is 0 Å². The fourth-order valence-electron chi connectivity index (χ4n) is 3.77. The number of hydrogen-bond donors (Lipinski definition) is 1. The lowest BCUT2D eigenvalue weighted by Crippen LogP contribution is -3.18. The van der Waals surface area contributed by atoms with E-state index in [-0.39, 0.29) is 11.9 Å². The van der Waals surface area contributed by atoms with E-state index in [1.165, 1.54) is 16.2 Å². The zero-order chi connectivity index (χ0) is 18.3. The molecule has 2 aromatic rings. The van der Waals surface area contributed by atoms with Crippen LogP contribution in [0.2, 0.25) is 0 Å². The molecule has 2 saturated heterocycles. The van der Waals surface area contributed by atoms with Gasteiger partial charge in [-0.05, 0) is 18.4 Å². The summed E-state index contributed by atoms with van der Waals surface area (Å²) in [6, 6.07) is 2.22. The molecule has 4 rings (SSSR count). The third kappa shape index (κ3) is 3.58. The molecule has 2 aromatic heterocycles. The summed E-state index contributed by atoms with van der Waals surface area (Å²) in [6.45, 7) is 4.89. The number of thiophene rings is 1. The number of nitrogens with one attached hydrogen (secondary N) is 1. The maximum Gasteiger partial charge on any atom is 0.266 e. The van der Waals surface area contributed by atoms with E-state index in [1.54, 1.807) is 11.3 Å². The van der Waals surface area contributed by atoms with Gasteiger partial charge in [-0.1, -0.05) is 0 Å². The number of hydrogen-bond acceptors (Lipinski definition) is 6. The second-order valence-electron chi connectivity index (χ2n) is 7.00. The number of thiazole rings is 1. The molecule has 140 valence electrons. The van der Waals surface area contributed by atoms with Gasteiger partial charge in [0.15, 0.2) is 9.84 Å². The minimum atomic E-state index is -2.85. The number of aryl methyl sites for hydroxylation is 1. The maximum atomic E-state index is 12.9. The fraction of sp³-hybridized carbons (Fsp3) is 0.529. The molecule has 0 bridgehead atoms. The van der Waals surface area contributed by atoms with E-state index < -0.39 is 9.84 Å². The molecular weight excluding hydrogens is 390 g/mol. The summed E-state index contributed by atoms with van der Waals surface area (Å²) in [4.78, 5) is 21.4. The van der Waals surface area contributed by atoms with Crippen LogP contribution in [0.4, 0.5) is 0 Å². The van der Waals surface area contributed by atoms with Gasteiger partial charge in [0, 0.05) is 17.4 Å². The number of carbonyl (C=O) groups excluding carboxylic acids is 1. The molecule has 2 aliphatic heterocycles. The van der Waals surface area contributed by atoms with Crippen LogP contribution in [0.3, 0.4) is 0 Å². The first kappa shape index (κ1) is 18.1. The van der Waals surface area contributed by atoms with Crippen molar-refractivity contribution in [2.75, 3.05) is 37.7 Å². The number of sulfone groups is 1. The molecule has 0 saturated carbocycles. The highest BCUT2D eigenvalue weighted by Gasteiger charge is 2.37. The zero-order valence-electron chi connectivity index (χ0n) is 14.6. The predicted octanol–water partition coefficient (Wildman–Crippen LogP) is 0.708. The summed E-state index contributed by atoms with van der Waals surface area (Å²) in [5.74, 6) is 0.670. The van der Waals surface area contributed by atoms with Gasteiger partial charge in [-0.15, -0.1) is 11.3 Å². The highest BCUT2D eigenvalue weighted by Crippen LogP contribution is 2.30. The lowest BCUT2D eigenvalue weighted by atomic mass is 10.2. The van der Waals surface area contributed by atoms with Crippen molar-refractivity contribution in [2.45, 2.75) is 19.4 Å². The lowest BCUT2D eigenvalue weighted by Gasteiger charge is -2.34. The average molecular weight is 413 g/mol. The second-order valence-corrected chi connectivity index (χ2v) is 11.0. The first-order valence-corrected chi connectivity index (χ1v) is 12.4. The fourth-order valence-corrected chi connectivity index (χ4v) is 7.34. The van der Waals surface area contributed by atoms with Gasteiger partial charge in [-0.3, -0.25) is 4.79 Å². The van der Waals surface area contributed by atoms with Crippen LogP contribution in [0.15, 0.2) is 16.8 Å². The third-order valence-electron chi connectivity index (χ3n) is 5.26.